The highest BCUT2D eigenvalue weighted by atomic mass is 79.9. The van der Waals surface area contributed by atoms with Crippen LogP contribution in [0.4, 0.5) is 5.69 Å². The molecule has 6 nitrogen and oxygen atoms in total. The zero-order valence-electron chi connectivity index (χ0n) is 12.1. The number of benzene rings is 1. The highest BCUT2D eigenvalue weighted by molar-refractivity contribution is 9.11. The molecule has 1 aromatic carbocycles. The van der Waals surface area contributed by atoms with Gasteiger partial charge in [0, 0.05) is 16.6 Å². The van der Waals surface area contributed by atoms with Crippen LogP contribution >= 0.6 is 27.3 Å². The lowest BCUT2D eigenvalue weighted by Gasteiger charge is -2.06. The summed E-state index contributed by atoms with van der Waals surface area (Å²) in [6.45, 7) is 1.81. The van der Waals surface area contributed by atoms with Gasteiger partial charge in [-0.1, -0.05) is 6.07 Å². The number of nitrogens with one attached hydrogen (secondary N) is 1. The van der Waals surface area contributed by atoms with E-state index in [9.17, 15) is 4.79 Å². The number of carbonyl (C=O) groups excluding carboxylic acids is 1. The second-order valence-corrected chi connectivity index (χ2v) is 7.15. The average molecular weight is 390 g/mol. The van der Waals surface area contributed by atoms with E-state index in [1.807, 2.05) is 43.3 Å². The SMILES string of the molecule is Cc1nnnn1-c1cccc(NC(=O)/C=C/c2ccc(Br)s2)c1. The number of halogens is 1. The molecule has 0 spiro atoms. The zero-order valence-corrected chi connectivity index (χ0v) is 14.5. The molecule has 8 heteroatoms. The Kier molecular flexibility index (Phi) is 4.63. The van der Waals surface area contributed by atoms with Gasteiger partial charge in [-0.05, 0) is 69.7 Å². The van der Waals surface area contributed by atoms with Crippen molar-refractivity contribution in [3.63, 3.8) is 0 Å². The summed E-state index contributed by atoms with van der Waals surface area (Å²) in [5.74, 6) is 0.483. The number of thiophene rings is 1. The Morgan fingerprint density at radius 3 is 2.91 bits per heavy atom. The summed E-state index contributed by atoms with van der Waals surface area (Å²) >= 11 is 4.95. The quantitative estimate of drug-likeness (QED) is 0.693. The molecule has 0 atom stereocenters. The van der Waals surface area contributed by atoms with Crippen molar-refractivity contribution in [2.45, 2.75) is 6.92 Å². The summed E-state index contributed by atoms with van der Waals surface area (Å²) < 4.78 is 2.64. The van der Waals surface area contributed by atoms with Crippen molar-refractivity contribution in [3.8, 4) is 5.69 Å². The summed E-state index contributed by atoms with van der Waals surface area (Å²) in [6.07, 6.45) is 3.29. The van der Waals surface area contributed by atoms with Crippen molar-refractivity contribution in [2.75, 3.05) is 5.32 Å². The molecule has 0 aliphatic heterocycles. The van der Waals surface area contributed by atoms with Gasteiger partial charge in [0.25, 0.3) is 0 Å². The third-order valence-corrected chi connectivity index (χ3v) is 4.57. The lowest BCUT2D eigenvalue weighted by atomic mass is 10.2. The number of amides is 1. The maximum Gasteiger partial charge on any atom is 0.248 e. The standard InChI is InChI=1S/C15H12BrN5OS/c1-10-18-19-20-21(10)12-4-2-3-11(9-12)17-15(22)8-6-13-5-7-14(16)23-13/h2-9H,1H3,(H,17,22)/b8-6+. The summed E-state index contributed by atoms with van der Waals surface area (Å²) in [4.78, 5) is 13.0. The van der Waals surface area contributed by atoms with Gasteiger partial charge in [0.15, 0.2) is 5.82 Å². The fourth-order valence-corrected chi connectivity index (χ4v) is 3.27. The third-order valence-electron chi connectivity index (χ3n) is 2.98. The van der Waals surface area contributed by atoms with Gasteiger partial charge in [0.05, 0.1) is 9.47 Å². The van der Waals surface area contributed by atoms with Crippen molar-refractivity contribution >= 4 is 44.9 Å². The summed E-state index contributed by atoms with van der Waals surface area (Å²) in [6, 6.07) is 11.2. The minimum Gasteiger partial charge on any atom is -0.322 e. The van der Waals surface area contributed by atoms with Gasteiger partial charge >= 0.3 is 0 Å². The van der Waals surface area contributed by atoms with Crippen LogP contribution in [0, 0.1) is 6.92 Å². The Bertz CT molecular complexity index is 870. The molecule has 1 amide bonds. The minimum atomic E-state index is -0.194. The first-order chi connectivity index (χ1) is 11.1. The highest BCUT2D eigenvalue weighted by Crippen LogP contribution is 2.23. The number of hydrogen-bond acceptors (Lipinski definition) is 5. The van der Waals surface area contributed by atoms with Crippen LogP contribution in [0.5, 0.6) is 0 Å². The predicted octanol–water partition coefficient (Wildman–Crippen LogP) is 3.45. The van der Waals surface area contributed by atoms with Gasteiger partial charge in [-0.3, -0.25) is 4.79 Å². The Morgan fingerprint density at radius 2 is 2.22 bits per heavy atom. The molecule has 23 heavy (non-hydrogen) atoms. The van der Waals surface area contributed by atoms with E-state index in [0.717, 1.165) is 14.4 Å². The highest BCUT2D eigenvalue weighted by Gasteiger charge is 2.05. The largest absolute Gasteiger partial charge is 0.322 e. The molecule has 116 valence electrons. The Morgan fingerprint density at radius 1 is 1.35 bits per heavy atom. The third kappa shape index (κ3) is 3.91. The van der Waals surface area contributed by atoms with Crippen LogP contribution < -0.4 is 5.32 Å². The van der Waals surface area contributed by atoms with E-state index in [-0.39, 0.29) is 5.91 Å². The van der Waals surface area contributed by atoms with E-state index in [2.05, 4.69) is 36.8 Å². The van der Waals surface area contributed by atoms with Gasteiger partial charge in [-0.25, -0.2) is 0 Å². The zero-order chi connectivity index (χ0) is 16.2. The predicted molar refractivity (Wildman–Crippen MR) is 93.6 cm³/mol. The molecule has 1 N–H and O–H groups in total. The minimum absolute atomic E-state index is 0.194. The van der Waals surface area contributed by atoms with E-state index < -0.39 is 0 Å². The van der Waals surface area contributed by atoms with Crippen LogP contribution in [0.15, 0.2) is 46.3 Å². The summed E-state index contributed by atoms with van der Waals surface area (Å²) in [5.41, 5.74) is 1.47. The molecular formula is C15H12BrN5OS. The van der Waals surface area contributed by atoms with Crippen LogP contribution in [0.25, 0.3) is 11.8 Å². The fourth-order valence-electron chi connectivity index (χ4n) is 1.95. The Balaban J connectivity index is 1.72. The van der Waals surface area contributed by atoms with Crippen molar-refractivity contribution in [3.05, 3.63) is 57.0 Å². The van der Waals surface area contributed by atoms with Crippen LogP contribution in [-0.4, -0.2) is 26.1 Å². The number of aromatic nitrogens is 4. The van der Waals surface area contributed by atoms with E-state index >= 15 is 0 Å². The first-order valence-electron chi connectivity index (χ1n) is 6.71. The van der Waals surface area contributed by atoms with Gasteiger partial charge in [0.1, 0.15) is 0 Å². The van der Waals surface area contributed by atoms with Gasteiger partial charge in [-0.15, -0.1) is 16.4 Å². The number of hydrogen-bond donors (Lipinski definition) is 1. The van der Waals surface area contributed by atoms with E-state index in [4.69, 9.17) is 0 Å². The van der Waals surface area contributed by atoms with Crippen molar-refractivity contribution in [1.29, 1.82) is 0 Å². The smallest absolute Gasteiger partial charge is 0.248 e. The number of aryl methyl sites for hydroxylation is 1. The van der Waals surface area contributed by atoms with Gasteiger partial charge in [-0.2, -0.15) is 4.68 Å². The molecule has 0 radical (unpaired) electrons. The van der Waals surface area contributed by atoms with E-state index in [0.29, 0.717) is 11.5 Å². The van der Waals surface area contributed by atoms with E-state index in [1.165, 1.54) is 6.08 Å². The maximum absolute atomic E-state index is 12.0. The van der Waals surface area contributed by atoms with Gasteiger partial charge < -0.3 is 5.32 Å². The lowest BCUT2D eigenvalue weighted by Crippen LogP contribution is -2.08. The molecular weight excluding hydrogens is 378 g/mol. The summed E-state index contributed by atoms with van der Waals surface area (Å²) in [7, 11) is 0. The van der Waals surface area contributed by atoms with Crippen molar-refractivity contribution in [2.24, 2.45) is 0 Å². The lowest BCUT2D eigenvalue weighted by molar-refractivity contribution is -0.111. The first kappa shape index (κ1) is 15.6. The van der Waals surface area contributed by atoms with Crippen molar-refractivity contribution in [1.82, 2.24) is 20.2 Å². The molecule has 2 aromatic heterocycles. The molecule has 0 fully saturated rings. The topological polar surface area (TPSA) is 72.7 Å². The number of rotatable bonds is 4. The number of nitrogens with zero attached hydrogens (tertiary/aromatic N) is 4. The average Bonchev–Trinajstić information content (AvgIpc) is 3.14. The maximum atomic E-state index is 12.0. The Hall–Kier alpha value is -2.32. The second kappa shape index (κ2) is 6.84. The van der Waals surface area contributed by atoms with Crippen LogP contribution in [-0.2, 0) is 4.79 Å². The molecule has 0 bridgehead atoms. The normalized spacial score (nSPS) is 11.0. The molecule has 3 rings (SSSR count). The van der Waals surface area contributed by atoms with Crippen LogP contribution in [0.2, 0.25) is 0 Å². The molecule has 0 unspecified atom stereocenters. The Labute approximate surface area is 145 Å². The van der Waals surface area contributed by atoms with E-state index in [1.54, 1.807) is 22.1 Å². The second-order valence-electron chi connectivity index (χ2n) is 4.65. The molecule has 0 saturated carbocycles. The number of anilines is 1. The van der Waals surface area contributed by atoms with Crippen LogP contribution in [0.1, 0.15) is 10.7 Å². The molecule has 0 aliphatic carbocycles. The summed E-state index contributed by atoms with van der Waals surface area (Å²) in [5, 5.41) is 14.2. The van der Waals surface area contributed by atoms with Crippen LogP contribution in [0.3, 0.4) is 0 Å². The number of tetrazole rings is 1. The fraction of sp³-hybridized carbons (Fsp3) is 0.0667. The first-order valence-corrected chi connectivity index (χ1v) is 8.32. The number of carbonyl (C=O) groups is 1. The molecule has 0 saturated heterocycles. The van der Waals surface area contributed by atoms with Gasteiger partial charge in [0.2, 0.25) is 5.91 Å². The van der Waals surface area contributed by atoms with Crippen molar-refractivity contribution < 1.29 is 4.79 Å². The monoisotopic (exact) mass is 389 g/mol. The molecule has 3 aromatic rings. The molecule has 2 heterocycles. The molecule has 0 aliphatic rings.